The molecule has 1 unspecified atom stereocenters. The summed E-state index contributed by atoms with van der Waals surface area (Å²) in [6, 6.07) is 4.48. The maximum absolute atomic E-state index is 5.82. The highest BCUT2D eigenvalue weighted by Gasteiger charge is 2.24. The first-order valence-electron chi connectivity index (χ1n) is 7.24. The van der Waals surface area contributed by atoms with Crippen molar-refractivity contribution >= 4 is 11.8 Å². The lowest BCUT2D eigenvalue weighted by atomic mass is 9.86. The fraction of sp³-hybridized carbons (Fsp3) is 0.562. The minimum absolute atomic E-state index is 0.166. The Morgan fingerprint density at radius 2 is 2.10 bits per heavy atom. The molecular formula is C16H25N3OS. The summed E-state index contributed by atoms with van der Waals surface area (Å²) < 4.78 is 7.94. The molecule has 0 fully saturated rings. The molecule has 5 heteroatoms. The molecule has 2 heterocycles. The van der Waals surface area contributed by atoms with Crippen LogP contribution in [0.4, 0.5) is 0 Å². The topological polar surface area (TPSA) is 43.0 Å². The average Bonchev–Trinajstić information content (AvgIpc) is 3.05. The van der Waals surface area contributed by atoms with Crippen molar-refractivity contribution in [3.8, 4) is 0 Å². The number of furan rings is 1. The van der Waals surface area contributed by atoms with Gasteiger partial charge >= 0.3 is 0 Å². The van der Waals surface area contributed by atoms with Crippen LogP contribution in [-0.2, 0) is 18.8 Å². The number of rotatable bonds is 7. The molecule has 0 saturated carbocycles. The van der Waals surface area contributed by atoms with Crippen molar-refractivity contribution in [2.45, 2.75) is 45.7 Å². The zero-order valence-corrected chi connectivity index (χ0v) is 14.1. The lowest BCUT2D eigenvalue weighted by molar-refractivity contribution is 0.234. The van der Waals surface area contributed by atoms with E-state index in [0.29, 0.717) is 6.04 Å². The Morgan fingerprint density at radius 3 is 2.71 bits per heavy atom. The molecule has 2 aromatic heterocycles. The number of nitrogens with zero attached hydrogens (tertiary/aromatic N) is 2. The molecule has 4 nitrogen and oxygen atoms in total. The summed E-state index contributed by atoms with van der Waals surface area (Å²) in [6.45, 7) is 8.42. The Morgan fingerprint density at radius 1 is 1.33 bits per heavy atom. The third-order valence-electron chi connectivity index (χ3n) is 3.52. The van der Waals surface area contributed by atoms with E-state index in [1.54, 1.807) is 11.8 Å². The lowest BCUT2D eigenvalue weighted by Crippen LogP contribution is -2.42. The van der Waals surface area contributed by atoms with Crippen LogP contribution in [0.5, 0.6) is 0 Å². The van der Waals surface area contributed by atoms with Crippen molar-refractivity contribution in [2.75, 3.05) is 6.26 Å². The molecule has 0 amide bonds. The Kier molecular flexibility index (Phi) is 5.53. The molecule has 116 valence electrons. The first kappa shape index (κ1) is 16.2. The highest BCUT2D eigenvalue weighted by atomic mass is 32.2. The van der Waals surface area contributed by atoms with E-state index in [4.69, 9.17) is 4.42 Å². The van der Waals surface area contributed by atoms with Gasteiger partial charge in [-0.1, -0.05) is 20.8 Å². The minimum Gasteiger partial charge on any atom is -0.464 e. The van der Waals surface area contributed by atoms with E-state index >= 15 is 0 Å². The van der Waals surface area contributed by atoms with Crippen molar-refractivity contribution in [1.82, 2.24) is 14.9 Å². The normalized spacial score (nSPS) is 13.5. The third kappa shape index (κ3) is 4.93. The van der Waals surface area contributed by atoms with Gasteiger partial charge in [-0.05, 0) is 23.8 Å². The monoisotopic (exact) mass is 307 g/mol. The molecule has 21 heavy (non-hydrogen) atoms. The summed E-state index contributed by atoms with van der Waals surface area (Å²) >= 11 is 1.78. The largest absolute Gasteiger partial charge is 0.464 e. The Labute approximate surface area is 131 Å². The zero-order chi connectivity index (χ0) is 15.3. The molecule has 0 aliphatic rings. The second kappa shape index (κ2) is 7.18. The third-order valence-corrected chi connectivity index (χ3v) is 4.10. The van der Waals surface area contributed by atoms with E-state index in [1.165, 1.54) is 0 Å². The van der Waals surface area contributed by atoms with Crippen LogP contribution >= 0.6 is 11.8 Å². The van der Waals surface area contributed by atoms with Gasteiger partial charge in [0.15, 0.2) is 0 Å². The van der Waals surface area contributed by atoms with Gasteiger partial charge in [-0.25, -0.2) is 4.98 Å². The highest BCUT2D eigenvalue weighted by molar-refractivity contribution is 7.97. The van der Waals surface area contributed by atoms with Crippen LogP contribution in [0.3, 0.4) is 0 Å². The fourth-order valence-corrected chi connectivity index (χ4v) is 2.65. The van der Waals surface area contributed by atoms with E-state index in [9.17, 15) is 0 Å². The van der Waals surface area contributed by atoms with E-state index in [0.717, 1.165) is 30.4 Å². The van der Waals surface area contributed by atoms with Gasteiger partial charge in [0, 0.05) is 25.0 Å². The van der Waals surface area contributed by atoms with Gasteiger partial charge in [0.1, 0.15) is 11.5 Å². The number of imidazole rings is 1. The molecule has 0 radical (unpaired) electrons. The van der Waals surface area contributed by atoms with Gasteiger partial charge in [0.2, 0.25) is 0 Å². The number of thioether (sulfide) groups is 1. The van der Waals surface area contributed by atoms with Crippen molar-refractivity contribution in [1.29, 1.82) is 0 Å². The van der Waals surface area contributed by atoms with Gasteiger partial charge in [-0.3, -0.25) is 0 Å². The molecule has 2 rings (SSSR count). The van der Waals surface area contributed by atoms with Crippen molar-refractivity contribution in [3.05, 3.63) is 42.4 Å². The lowest BCUT2D eigenvalue weighted by Gasteiger charge is -2.31. The number of aromatic nitrogens is 2. The Hall–Kier alpha value is -1.20. The van der Waals surface area contributed by atoms with Crippen molar-refractivity contribution in [3.63, 3.8) is 0 Å². The number of hydrogen-bond donors (Lipinski definition) is 1. The standard InChI is InChI=1S/C16H25N3OS/c1-16(2,3)15(10-19-8-7-17-12-19)18-9-13-5-6-14(20-13)11-21-4/h5-8,12,15,18H,9-11H2,1-4H3. The van der Waals surface area contributed by atoms with Crippen molar-refractivity contribution < 1.29 is 4.42 Å². The van der Waals surface area contributed by atoms with E-state index < -0.39 is 0 Å². The quantitative estimate of drug-likeness (QED) is 0.849. The summed E-state index contributed by atoms with van der Waals surface area (Å²) in [7, 11) is 0. The Bertz CT molecular complexity index is 528. The summed E-state index contributed by atoms with van der Waals surface area (Å²) in [6.07, 6.45) is 7.77. The van der Waals surface area contributed by atoms with Gasteiger partial charge in [-0.15, -0.1) is 0 Å². The average molecular weight is 307 g/mol. The van der Waals surface area contributed by atoms with E-state index in [1.807, 2.05) is 18.7 Å². The molecule has 0 aromatic carbocycles. The van der Waals surface area contributed by atoms with Crippen LogP contribution in [0, 0.1) is 5.41 Å². The predicted molar refractivity (Wildman–Crippen MR) is 88.2 cm³/mol. The maximum Gasteiger partial charge on any atom is 0.118 e. The van der Waals surface area contributed by atoms with Gasteiger partial charge in [0.25, 0.3) is 0 Å². The molecular weight excluding hydrogens is 282 g/mol. The molecule has 0 aliphatic carbocycles. The molecule has 0 aliphatic heterocycles. The Balaban J connectivity index is 1.95. The molecule has 1 atom stereocenters. The smallest absolute Gasteiger partial charge is 0.118 e. The number of nitrogens with one attached hydrogen (secondary N) is 1. The molecule has 1 N–H and O–H groups in total. The maximum atomic E-state index is 5.82. The second-order valence-corrected chi connectivity index (χ2v) is 7.23. The summed E-state index contributed by atoms with van der Waals surface area (Å²) in [5.41, 5.74) is 0.166. The summed E-state index contributed by atoms with van der Waals surface area (Å²) in [4.78, 5) is 4.11. The van der Waals surface area contributed by atoms with Crippen molar-refractivity contribution in [2.24, 2.45) is 5.41 Å². The molecule has 0 saturated heterocycles. The van der Waals surface area contributed by atoms with Crippen LogP contribution in [0.25, 0.3) is 0 Å². The first-order valence-corrected chi connectivity index (χ1v) is 8.64. The number of hydrogen-bond acceptors (Lipinski definition) is 4. The molecule has 0 bridgehead atoms. The van der Waals surface area contributed by atoms with Gasteiger partial charge in [-0.2, -0.15) is 11.8 Å². The van der Waals surface area contributed by atoms with Crippen LogP contribution in [0.2, 0.25) is 0 Å². The first-order chi connectivity index (χ1) is 9.99. The predicted octanol–water partition coefficient (Wildman–Crippen LogP) is 3.54. The van der Waals surface area contributed by atoms with Gasteiger partial charge in [0.05, 0.1) is 18.6 Å². The summed E-state index contributed by atoms with van der Waals surface area (Å²) in [5, 5.41) is 3.62. The van der Waals surface area contributed by atoms with Crippen LogP contribution < -0.4 is 5.32 Å². The van der Waals surface area contributed by atoms with E-state index in [2.05, 4.69) is 54.0 Å². The highest BCUT2D eigenvalue weighted by Crippen LogP contribution is 2.22. The zero-order valence-electron chi connectivity index (χ0n) is 13.3. The minimum atomic E-state index is 0.166. The van der Waals surface area contributed by atoms with Crippen LogP contribution in [-0.4, -0.2) is 21.8 Å². The van der Waals surface area contributed by atoms with Gasteiger partial charge < -0.3 is 14.3 Å². The summed E-state index contributed by atoms with van der Waals surface area (Å²) in [5.74, 6) is 2.97. The van der Waals surface area contributed by atoms with Crippen LogP contribution in [0.1, 0.15) is 32.3 Å². The SMILES string of the molecule is CSCc1ccc(CNC(Cn2ccnc2)C(C)(C)C)o1. The van der Waals surface area contributed by atoms with E-state index in [-0.39, 0.29) is 5.41 Å². The fourth-order valence-electron chi connectivity index (χ4n) is 2.21. The second-order valence-electron chi connectivity index (χ2n) is 6.36. The van der Waals surface area contributed by atoms with Crippen LogP contribution in [0.15, 0.2) is 35.3 Å². The molecule has 2 aromatic rings. The molecule has 0 spiro atoms.